The van der Waals surface area contributed by atoms with Crippen LogP contribution in [0.5, 0.6) is 0 Å². The Bertz CT molecular complexity index is 1130. The lowest BCUT2D eigenvalue weighted by Crippen LogP contribution is -2.64. The molecular formula is C31H57N5O15. The Balaban J connectivity index is 1.34. The first-order valence-electron chi connectivity index (χ1n) is 17.7. The van der Waals surface area contributed by atoms with E-state index in [9.17, 15) is 40.5 Å². The first kappa shape index (κ1) is 41.1. The molecule has 3 aliphatic heterocycles. The van der Waals surface area contributed by atoms with Crippen LogP contribution in [0.2, 0.25) is 0 Å². The molecule has 0 unspecified atom stereocenters. The second-order valence-corrected chi connectivity index (χ2v) is 14.5. The SMILES string of the molecule is NC[C@@H]1O[C@H](O[C@H]2[C@@H](O)[C@H](O[C@@H]3[C@@H](O)[C@H](CC(=O)C4(O)CCC4)C[C@H](N)[C@H]3O[C@H]3O[C@H](CNCCO)[C@@H](O)C[C@H]3N)O[C@@H]2CO)[C@H](N)[C@@H](O)[C@@H]1O. The van der Waals surface area contributed by atoms with Crippen molar-refractivity contribution in [1.82, 2.24) is 5.32 Å². The highest BCUT2D eigenvalue weighted by Gasteiger charge is 2.55. The summed E-state index contributed by atoms with van der Waals surface area (Å²) < 4.78 is 35.8. The van der Waals surface area contributed by atoms with Crippen molar-refractivity contribution in [2.24, 2.45) is 28.9 Å². The number of hydrogen-bond donors (Lipinski definition) is 13. The van der Waals surface area contributed by atoms with E-state index < -0.39 is 128 Å². The molecule has 20 heteroatoms. The Kier molecular flexibility index (Phi) is 14.2. The molecule has 2 aliphatic carbocycles. The van der Waals surface area contributed by atoms with Crippen molar-refractivity contribution >= 4 is 5.78 Å². The molecule has 17 N–H and O–H groups in total. The number of nitrogens with two attached hydrogens (primary N) is 4. The van der Waals surface area contributed by atoms with E-state index in [1.807, 2.05) is 0 Å². The van der Waals surface area contributed by atoms with Crippen LogP contribution in [0.1, 0.15) is 38.5 Å². The fourth-order valence-corrected chi connectivity index (χ4v) is 7.50. The molecular weight excluding hydrogens is 682 g/mol. The van der Waals surface area contributed by atoms with Crippen LogP contribution in [0, 0.1) is 5.92 Å². The third-order valence-corrected chi connectivity index (χ3v) is 10.8. The van der Waals surface area contributed by atoms with Crippen LogP contribution in [0.4, 0.5) is 0 Å². The zero-order valence-electron chi connectivity index (χ0n) is 28.4. The van der Waals surface area contributed by atoms with Gasteiger partial charge in [-0.05, 0) is 38.0 Å². The van der Waals surface area contributed by atoms with Gasteiger partial charge in [-0.25, -0.2) is 0 Å². The van der Waals surface area contributed by atoms with E-state index in [4.69, 9.17) is 56.5 Å². The third kappa shape index (κ3) is 8.91. The smallest absolute Gasteiger partial charge is 0.187 e. The Hall–Kier alpha value is -1.09. The van der Waals surface area contributed by atoms with E-state index in [2.05, 4.69) is 5.32 Å². The number of aliphatic hydroxyl groups excluding tert-OH is 7. The number of ketones is 1. The first-order valence-corrected chi connectivity index (χ1v) is 17.7. The number of carbonyl (C=O) groups excluding carboxylic acids is 1. The minimum absolute atomic E-state index is 0.0754. The first-order chi connectivity index (χ1) is 24.2. The van der Waals surface area contributed by atoms with Crippen LogP contribution in [0.25, 0.3) is 0 Å². The molecule has 51 heavy (non-hydrogen) atoms. The molecule has 0 bridgehead atoms. The van der Waals surface area contributed by atoms with Crippen LogP contribution in [0.15, 0.2) is 0 Å². The summed E-state index contributed by atoms with van der Waals surface area (Å²) in [6.07, 6.45) is -16.7. The van der Waals surface area contributed by atoms with Gasteiger partial charge in [0, 0.05) is 32.1 Å². The maximum Gasteiger partial charge on any atom is 0.187 e. The molecule has 0 aromatic rings. The highest BCUT2D eigenvalue weighted by atomic mass is 16.8. The van der Waals surface area contributed by atoms with Gasteiger partial charge in [0.2, 0.25) is 0 Å². The number of carbonyl (C=O) groups is 1. The molecule has 18 atom stereocenters. The molecule has 2 saturated carbocycles. The number of nitrogens with one attached hydrogen (secondary N) is 1. The average molecular weight is 740 g/mol. The minimum Gasteiger partial charge on any atom is -0.395 e. The average Bonchev–Trinajstić information content (AvgIpc) is 3.38. The van der Waals surface area contributed by atoms with Gasteiger partial charge in [0.05, 0.1) is 43.6 Å². The lowest BCUT2D eigenvalue weighted by molar-refractivity contribution is -0.299. The molecule has 3 saturated heterocycles. The second-order valence-electron chi connectivity index (χ2n) is 14.5. The van der Waals surface area contributed by atoms with Gasteiger partial charge in [0.25, 0.3) is 0 Å². The molecule has 0 spiro atoms. The monoisotopic (exact) mass is 739 g/mol. The molecule has 20 nitrogen and oxygen atoms in total. The van der Waals surface area contributed by atoms with Crippen molar-refractivity contribution in [3.63, 3.8) is 0 Å². The summed E-state index contributed by atoms with van der Waals surface area (Å²) in [7, 11) is 0. The van der Waals surface area contributed by atoms with Crippen LogP contribution in [0.3, 0.4) is 0 Å². The number of Topliss-reactive ketones (excluding diaryl/α,β-unsaturated/α-hetero) is 1. The predicted molar refractivity (Wildman–Crippen MR) is 172 cm³/mol. The quantitative estimate of drug-likeness (QED) is 0.0694. The summed E-state index contributed by atoms with van der Waals surface area (Å²) in [6.45, 7) is -0.555. The molecule has 0 aromatic carbocycles. The van der Waals surface area contributed by atoms with E-state index >= 15 is 0 Å². The van der Waals surface area contributed by atoms with Gasteiger partial charge in [-0.15, -0.1) is 0 Å². The number of hydrogen-bond acceptors (Lipinski definition) is 20. The summed E-state index contributed by atoms with van der Waals surface area (Å²) >= 11 is 0. The summed E-state index contributed by atoms with van der Waals surface area (Å²) in [5, 5.41) is 87.3. The van der Waals surface area contributed by atoms with Crippen LogP contribution in [-0.4, -0.2) is 189 Å². The van der Waals surface area contributed by atoms with Gasteiger partial charge in [0.15, 0.2) is 24.7 Å². The van der Waals surface area contributed by atoms with Crippen molar-refractivity contribution in [2.75, 3.05) is 32.8 Å². The van der Waals surface area contributed by atoms with Crippen LogP contribution >= 0.6 is 0 Å². The second kappa shape index (κ2) is 17.6. The Labute approximate surface area is 295 Å². The molecule has 0 amide bonds. The molecule has 3 heterocycles. The molecule has 0 aromatic heterocycles. The van der Waals surface area contributed by atoms with Gasteiger partial charge in [-0.3, -0.25) is 4.79 Å². The number of aliphatic hydroxyl groups is 8. The fraction of sp³-hybridized carbons (Fsp3) is 0.968. The van der Waals surface area contributed by atoms with Crippen molar-refractivity contribution < 1.29 is 74.1 Å². The Morgan fingerprint density at radius 2 is 1.41 bits per heavy atom. The molecule has 5 aliphatic rings. The maximum absolute atomic E-state index is 13.1. The van der Waals surface area contributed by atoms with E-state index in [0.29, 0.717) is 19.3 Å². The van der Waals surface area contributed by atoms with Gasteiger partial charge < -0.3 is 97.5 Å². The van der Waals surface area contributed by atoms with Crippen LogP contribution < -0.4 is 28.3 Å². The van der Waals surface area contributed by atoms with Crippen molar-refractivity contribution in [1.29, 1.82) is 0 Å². The summed E-state index contributed by atoms with van der Waals surface area (Å²) in [6, 6.07) is -2.99. The van der Waals surface area contributed by atoms with Crippen LogP contribution in [-0.2, 0) is 33.2 Å². The summed E-state index contributed by atoms with van der Waals surface area (Å²) in [5.74, 6) is -1.24. The van der Waals surface area contributed by atoms with Gasteiger partial charge >= 0.3 is 0 Å². The van der Waals surface area contributed by atoms with E-state index in [1.165, 1.54) is 0 Å². The van der Waals surface area contributed by atoms with Crippen molar-refractivity contribution in [2.45, 2.75) is 148 Å². The largest absolute Gasteiger partial charge is 0.395 e. The normalized spacial score (nSPS) is 47.2. The number of ether oxygens (including phenoxy) is 6. The fourth-order valence-electron chi connectivity index (χ4n) is 7.50. The summed E-state index contributed by atoms with van der Waals surface area (Å²) in [5.41, 5.74) is 23.2. The van der Waals surface area contributed by atoms with Gasteiger partial charge in [0.1, 0.15) is 54.4 Å². The number of rotatable bonds is 15. The highest BCUT2D eigenvalue weighted by Crippen LogP contribution is 2.40. The predicted octanol–water partition coefficient (Wildman–Crippen LogP) is -7.08. The van der Waals surface area contributed by atoms with Crippen molar-refractivity contribution in [3.05, 3.63) is 0 Å². The maximum atomic E-state index is 13.1. The standard InChI is InChI=1S/C31H57N5O15/c32-9-16-22(42)23(43)20(35)29(46-16)50-26-18(11-38)48-30(24(26)44)51-27-21(41)12(7-19(40)31(45)2-1-3-31)6-13(33)25(27)49-28-14(34)8-15(39)17(47-28)10-36-4-5-37/h12-18,20-30,36-39,41-45H,1-11,32-35H2/t12-,13-,14+,15-,16-,17+,18+,20+,21-,22+,23+,24+,25+,26+,27+,28+,29+,30-/m0/s1. The van der Waals surface area contributed by atoms with E-state index in [1.54, 1.807) is 0 Å². The molecule has 296 valence electrons. The topological polar surface area (TPSA) is 350 Å². The Morgan fingerprint density at radius 1 is 0.765 bits per heavy atom. The third-order valence-electron chi connectivity index (χ3n) is 10.8. The highest BCUT2D eigenvalue weighted by molar-refractivity contribution is 5.88. The molecule has 0 radical (unpaired) electrons. The lowest BCUT2D eigenvalue weighted by Gasteiger charge is -2.47. The lowest BCUT2D eigenvalue weighted by atomic mass is 9.71. The zero-order chi connectivity index (χ0) is 37.2. The van der Waals surface area contributed by atoms with Crippen molar-refractivity contribution in [3.8, 4) is 0 Å². The molecule has 5 fully saturated rings. The minimum atomic E-state index is -1.65. The van der Waals surface area contributed by atoms with E-state index in [-0.39, 0.29) is 45.5 Å². The van der Waals surface area contributed by atoms with E-state index in [0.717, 1.165) is 0 Å². The van der Waals surface area contributed by atoms with Gasteiger partial charge in [-0.2, -0.15) is 0 Å². The molecule has 5 rings (SSSR count). The van der Waals surface area contributed by atoms with Gasteiger partial charge in [-0.1, -0.05) is 0 Å². The Morgan fingerprint density at radius 3 is 2.04 bits per heavy atom. The zero-order valence-corrected chi connectivity index (χ0v) is 28.4. The summed E-state index contributed by atoms with van der Waals surface area (Å²) in [4.78, 5) is 13.1.